The molecule has 1 N–H and O–H groups in total. The molecule has 10 heteroatoms. The van der Waals surface area contributed by atoms with Gasteiger partial charge in [-0.2, -0.15) is 4.31 Å². The van der Waals surface area contributed by atoms with Crippen molar-refractivity contribution in [3.05, 3.63) is 58.1 Å². The fourth-order valence-electron chi connectivity index (χ4n) is 4.35. The van der Waals surface area contributed by atoms with Crippen molar-refractivity contribution < 1.29 is 22.7 Å². The number of benzene rings is 2. The van der Waals surface area contributed by atoms with Gasteiger partial charge in [-0.3, -0.25) is 4.79 Å². The van der Waals surface area contributed by atoms with Crippen LogP contribution in [0.4, 0.5) is 5.69 Å². The molecule has 1 fully saturated rings. The van der Waals surface area contributed by atoms with Crippen LogP contribution in [0.1, 0.15) is 62.0 Å². The molecule has 3 rings (SSSR count). The summed E-state index contributed by atoms with van der Waals surface area (Å²) < 4.78 is 33.8. The van der Waals surface area contributed by atoms with Gasteiger partial charge in [-0.25, -0.2) is 13.2 Å². The molecule has 1 saturated heterocycles. The van der Waals surface area contributed by atoms with E-state index in [-0.39, 0.29) is 16.5 Å². The third kappa shape index (κ3) is 6.66. The van der Waals surface area contributed by atoms with E-state index in [1.807, 2.05) is 36.1 Å². The van der Waals surface area contributed by atoms with Crippen LogP contribution >= 0.6 is 15.9 Å². The van der Waals surface area contributed by atoms with Crippen LogP contribution in [0.25, 0.3) is 0 Å². The minimum absolute atomic E-state index is 0.0341. The number of nitrogens with zero attached hydrogens (tertiary/aromatic N) is 2. The molecule has 0 aromatic heterocycles. The topological polar surface area (TPSA) is 96.0 Å². The largest absolute Gasteiger partial charge is 0.452 e. The van der Waals surface area contributed by atoms with Gasteiger partial charge < -0.3 is 15.0 Å². The molecule has 36 heavy (non-hydrogen) atoms. The SMILES string of the molecule is CC[C@H](NC(=O)COC(=O)c1cc(S(=O)(=O)N(CC)CC)ccc1N1CCCC1)c1ccc(Br)cc1. The quantitative estimate of drug-likeness (QED) is 0.394. The summed E-state index contributed by atoms with van der Waals surface area (Å²) in [5, 5.41) is 2.90. The fraction of sp³-hybridized carbons (Fsp3) is 0.462. The van der Waals surface area contributed by atoms with Gasteiger partial charge in [-0.1, -0.05) is 48.8 Å². The van der Waals surface area contributed by atoms with Crippen LogP contribution in [0.15, 0.2) is 51.8 Å². The molecule has 0 saturated carbocycles. The zero-order chi connectivity index (χ0) is 26.3. The maximum atomic E-state index is 13.1. The van der Waals surface area contributed by atoms with E-state index in [0.717, 1.165) is 36.0 Å². The number of halogens is 1. The van der Waals surface area contributed by atoms with E-state index in [1.165, 1.54) is 16.4 Å². The van der Waals surface area contributed by atoms with E-state index >= 15 is 0 Å². The molecular formula is C26H34BrN3O5S. The van der Waals surface area contributed by atoms with Crippen LogP contribution < -0.4 is 10.2 Å². The first kappa shape index (κ1) is 28.1. The molecule has 1 aliphatic heterocycles. The summed E-state index contributed by atoms with van der Waals surface area (Å²) in [5.74, 6) is -1.15. The number of ether oxygens (including phenoxy) is 1. The maximum Gasteiger partial charge on any atom is 0.340 e. The Labute approximate surface area is 222 Å². The Morgan fingerprint density at radius 2 is 1.69 bits per heavy atom. The summed E-state index contributed by atoms with van der Waals surface area (Å²) >= 11 is 3.41. The zero-order valence-corrected chi connectivity index (χ0v) is 23.4. The van der Waals surface area contributed by atoms with Gasteiger partial charge in [-0.15, -0.1) is 0 Å². The van der Waals surface area contributed by atoms with Crippen LogP contribution in [0.5, 0.6) is 0 Å². The first-order valence-electron chi connectivity index (χ1n) is 12.3. The van der Waals surface area contributed by atoms with Crippen LogP contribution in [0.3, 0.4) is 0 Å². The molecule has 2 aromatic rings. The van der Waals surface area contributed by atoms with Crippen molar-refractivity contribution >= 4 is 43.5 Å². The van der Waals surface area contributed by atoms with Crippen molar-refractivity contribution in [2.45, 2.75) is 51.0 Å². The third-order valence-electron chi connectivity index (χ3n) is 6.33. The molecule has 1 aliphatic rings. The summed E-state index contributed by atoms with van der Waals surface area (Å²) in [6.07, 6.45) is 2.65. The van der Waals surface area contributed by atoms with E-state index < -0.39 is 28.5 Å². The van der Waals surface area contributed by atoms with Crippen molar-refractivity contribution in [2.75, 3.05) is 37.7 Å². The molecule has 1 heterocycles. The molecular weight excluding hydrogens is 546 g/mol. The number of amides is 1. The predicted molar refractivity (Wildman–Crippen MR) is 144 cm³/mol. The van der Waals surface area contributed by atoms with Gasteiger partial charge in [0.25, 0.3) is 5.91 Å². The van der Waals surface area contributed by atoms with Crippen LogP contribution in [0, 0.1) is 0 Å². The van der Waals surface area contributed by atoms with Crippen molar-refractivity contribution in [2.24, 2.45) is 0 Å². The lowest BCUT2D eigenvalue weighted by Crippen LogP contribution is -2.33. The second-order valence-electron chi connectivity index (χ2n) is 8.62. The molecule has 1 amide bonds. The van der Waals surface area contributed by atoms with Gasteiger partial charge in [0.2, 0.25) is 10.0 Å². The normalized spacial score (nSPS) is 14.6. The van der Waals surface area contributed by atoms with E-state index in [1.54, 1.807) is 19.9 Å². The van der Waals surface area contributed by atoms with E-state index in [0.29, 0.717) is 25.2 Å². The Morgan fingerprint density at radius 1 is 1.06 bits per heavy atom. The Hall–Kier alpha value is -2.43. The van der Waals surface area contributed by atoms with Gasteiger partial charge in [-0.05, 0) is 55.2 Å². The van der Waals surface area contributed by atoms with E-state index in [4.69, 9.17) is 4.74 Å². The highest BCUT2D eigenvalue weighted by Gasteiger charge is 2.27. The van der Waals surface area contributed by atoms with Crippen molar-refractivity contribution in [1.29, 1.82) is 0 Å². The molecule has 0 unspecified atom stereocenters. The summed E-state index contributed by atoms with van der Waals surface area (Å²) in [4.78, 5) is 27.8. The first-order chi connectivity index (χ1) is 17.2. The number of esters is 1. The molecule has 2 aromatic carbocycles. The van der Waals surface area contributed by atoms with E-state index in [2.05, 4.69) is 21.2 Å². The van der Waals surface area contributed by atoms with Gasteiger partial charge in [0, 0.05) is 30.7 Å². The monoisotopic (exact) mass is 579 g/mol. The summed E-state index contributed by atoms with van der Waals surface area (Å²) in [5.41, 5.74) is 1.72. The lowest BCUT2D eigenvalue weighted by atomic mass is 10.0. The van der Waals surface area contributed by atoms with Crippen molar-refractivity contribution in [1.82, 2.24) is 9.62 Å². The van der Waals surface area contributed by atoms with Crippen LogP contribution in [-0.2, 0) is 19.6 Å². The van der Waals surface area contributed by atoms with E-state index in [9.17, 15) is 18.0 Å². The number of hydrogen-bond acceptors (Lipinski definition) is 6. The Bertz CT molecular complexity index is 1160. The third-order valence-corrected chi connectivity index (χ3v) is 8.90. The zero-order valence-electron chi connectivity index (χ0n) is 21.0. The van der Waals surface area contributed by atoms with Gasteiger partial charge >= 0.3 is 5.97 Å². The second-order valence-corrected chi connectivity index (χ2v) is 11.5. The summed E-state index contributed by atoms with van der Waals surface area (Å²) in [6.45, 7) is 7.23. The molecule has 0 spiro atoms. The number of anilines is 1. The Kier molecular flexibility index (Phi) is 9.92. The number of carbonyl (C=O) groups excluding carboxylic acids is 2. The van der Waals surface area contributed by atoms with Crippen molar-refractivity contribution in [3.8, 4) is 0 Å². The lowest BCUT2D eigenvalue weighted by Gasteiger charge is -2.23. The van der Waals surface area contributed by atoms with Gasteiger partial charge in [0.1, 0.15) is 0 Å². The fourth-order valence-corrected chi connectivity index (χ4v) is 6.10. The average Bonchev–Trinajstić information content (AvgIpc) is 3.41. The molecule has 0 bridgehead atoms. The average molecular weight is 581 g/mol. The highest BCUT2D eigenvalue weighted by atomic mass is 79.9. The van der Waals surface area contributed by atoms with Gasteiger partial charge in [0.05, 0.1) is 22.2 Å². The van der Waals surface area contributed by atoms with Crippen molar-refractivity contribution in [3.63, 3.8) is 0 Å². The number of nitrogens with one attached hydrogen (secondary N) is 1. The molecule has 0 radical (unpaired) electrons. The van der Waals surface area contributed by atoms with Crippen LogP contribution in [0.2, 0.25) is 0 Å². The number of hydrogen-bond donors (Lipinski definition) is 1. The highest BCUT2D eigenvalue weighted by molar-refractivity contribution is 9.10. The Morgan fingerprint density at radius 3 is 2.28 bits per heavy atom. The highest BCUT2D eigenvalue weighted by Crippen LogP contribution is 2.29. The predicted octanol–water partition coefficient (Wildman–Crippen LogP) is 4.50. The molecule has 0 aliphatic carbocycles. The molecule has 1 atom stereocenters. The maximum absolute atomic E-state index is 13.1. The lowest BCUT2D eigenvalue weighted by molar-refractivity contribution is -0.125. The number of rotatable bonds is 11. The van der Waals surface area contributed by atoms with Gasteiger partial charge in [0.15, 0.2) is 6.61 Å². The van der Waals surface area contributed by atoms with Crippen LogP contribution in [-0.4, -0.2) is 57.4 Å². The summed E-state index contributed by atoms with van der Waals surface area (Å²) in [6, 6.07) is 12.0. The second kappa shape index (κ2) is 12.7. The Balaban J connectivity index is 1.78. The number of carbonyl (C=O) groups is 2. The number of sulfonamides is 1. The standard InChI is InChI=1S/C26H34BrN3O5S/c1-4-23(19-9-11-20(27)12-10-19)28-25(31)18-35-26(32)22-17-21(36(33,34)30(5-2)6-3)13-14-24(22)29-15-7-8-16-29/h9-14,17,23H,4-8,15-16,18H2,1-3H3,(H,28,31)/t23-/m0/s1. The smallest absolute Gasteiger partial charge is 0.340 e. The minimum Gasteiger partial charge on any atom is -0.452 e. The minimum atomic E-state index is -3.76. The first-order valence-corrected chi connectivity index (χ1v) is 14.6. The molecule has 196 valence electrons. The summed E-state index contributed by atoms with van der Waals surface area (Å²) in [7, 11) is -3.76. The molecule has 8 nitrogen and oxygen atoms in total.